The third kappa shape index (κ3) is 32.9. The number of nitrogens with zero attached hydrogens (tertiary/aromatic N) is 4. The summed E-state index contributed by atoms with van der Waals surface area (Å²) in [6.07, 6.45) is 4.39. The van der Waals surface area contributed by atoms with Gasteiger partial charge in [-0.25, -0.2) is 0 Å². The molecule has 0 atom stereocenters. The number of likely N-dealkylation sites (N-methyl/N-ethyl adjacent to an activating group) is 3. The molecule has 10 heteroatoms. The number of benzene rings is 4. The lowest BCUT2D eigenvalue weighted by Crippen LogP contribution is -2.33. The number of carbonyl (C=O) groups excluding carboxylic acids is 4. The maximum Gasteiger partial charge on any atom is 0.257 e. The second-order valence-corrected chi connectivity index (χ2v) is 13.0. The van der Waals surface area contributed by atoms with Crippen LogP contribution < -0.4 is 9.80 Å². The number of rotatable bonds is 0. The number of aliphatic hydroxyl groups is 2. The number of hydrogen-bond acceptors (Lipinski definition) is 6. The van der Waals surface area contributed by atoms with Crippen LogP contribution in [0, 0.1) is 0 Å². The summed E-state index contributed by atoms with van der Waals surface area (Å²) in [5.74, 6) is 0.166. The molecule has 77 heavy (non-hydrogen) atoms. The van der Waals surface area contributed by atoms with Crippen molar-refractivity contribution in [1.29, 1.82) is 0 Å². The fraction of sp³-hybridized carbons (Fsp3) is 0.522. The first-order chi connectivity index (χ1) is 37.0. The topological polar surface area (TPSA) is 122 Å². The summed E-state index contributed by atoms with van der Waals surface area (Å²) in [6, 6.07) is 31.5. The number of para-hydroxylation sites is 2. The summed E-state index contributed by atoms with van der Waals surface area (Å²) >= 11 is 0. The second-order valence-electron chi connectivity index (χ2n) is 13.0. The van der Waals surface area contributed by atoms with Crippen molar-refractivity contribution in [2.24, 2.45) is 0 Å². The number of amides is 4. The van der Waals surface area contributed by atoms with Crippen LogP contribution in [0.3, 0.4) is 0 Å². The first-order valence-electron chi connectivity index (χ1n) is 29.1. The van der Waals surface area contributed by atoms with Gasteiger partial charge in [0.2, 0.25) is 11.8 Å². The molecule has 4 aliphatic rings. The van der Waals surface area contributed by atoms with Gasteiger partial charge in [0.1, 0.15) is 0 Å². The van der Waals surface area contributed by atoms with Gasteiger partial charge in [-0.05, 0) is 51.9 Å². The highest BCUT2D eigenvalue weighted by Gasteiger charge is 2.26. The molecule has 444 valence electrons. The number of hydrogen-bond donors (Lipinski definition) is 2. The minimum Gasteiger partial charge on any atom is -0.515 e. The lowest BCUT2D eigenvalue weighted by molar-refractivity contribution is -0.130. The van der Waals surface area contributed by atoms with Crippen LogP contribution in [0.15, 0.2) is 115 Å². The second kappa shape index (κ2) is 64.1. The summed E-state index contributed by atoms with van der Waals surface area (Å²) in [5, 5.41) is 17.9. The molecular formula is C67H120N4O6. The average Bonchev–Trinajstić information content (AvgIpc) is 3.52. The Morgan fingerprint density at radius 3 is 1.17 bits per heavy atom. The van der Waals surface area contributed by atoms with E-state index in [1.807, 2.05) is 265 Å². The lowest BCUT2D eigenvalue weighted by Gasteiger charge is -2.26. The molecule has 4 aliphatic heterocycles. The SMILES string of the molecule is C.CC.CC.CC.CC.CC.CC.CC.CC.CC.CC.CC.CC.CN1C(=O)/C(=C\O)Cc2ccccc21.CN1C(=O)CCc2ccccc21.CN1Cc2ccccc2/C(=C/O)C1=O.CN1Cc2ccccc2CC1=O. The van der Waals surface area contributed by atoms with Gasteiger partial charge < -0.3 is 29.8 Å². The van der Waals surface area contributed by atoms with Gasteiger partial charge in [-0.2, -0.15) is 0 Å². The van der Waals surface area contributed by atoms with Crippen LogP contribution >= 0.6 is 0 Å². The Bertz CT molecular complexity index is 2040. The van der Waals surface area contributed by atoms with E-state index in [2.05, 4.69) is 12.1 Å². The maximum atomic E-state index is 11.6. The van der Waals surface area contributed by atoms with E-state index in [1.165, 1.54) is 16.7 Å². The zero-order chi connectivity index (χ0) is 61.4. The molecule has 8 rings (SSSR count). The van der Waals surface area contributed by atoms with E-state index in [0.717, 1.165) is 53.6 Å². The van der Waals surface area contributed by atoms with Crippen molar-refractivity contribution < 1.29 is 29.4 Å². The number of aliphatic hydroxyl groups excluding tert-OH is 2. The highest BCUT2D eigenvalue weighted by Crippen LogP contribution is 2.29. The Morgan fingerprint density at radius 1 is 0.364 bits per heavy atom. The molecular weight excluding hydrogens is 957 g/mol. The molecule has 10 nitrogen and oxygen atoms in total. The van der Waals surface area contributed by atoms with Crippen LogP contribution in [0.4, 0.5) is 11.4 Å². The molecule has 4 aromatic carbocycles. The largest absolute Gasteiger partial charge is 0.515 e. The molecule has 0 fully saturated rings. The summed E-state index contributed by atoms with van der Waals surface area (Å²) in [6.45, 7) is 49.4. The first kappa shape index (κ1) is 90.4. The highest BCUT2D eigenvalue weighted by atomic mass is 16.2. The third-order valence-corrected chi connectivity index (χ3v) is 9.52. The molecule has 0 saturated carbocycles. The molecule has 0 spiro atoms. The molecule has 0 bridgehead atoms. The van der Waals surface area contributed by atoms with E-state index in [1.54, 1.807) is 33.7 Å². The molecule has 0 radical (unpaired) electrons. The van der Waals surface area contributed by atoms with Crippen LogP contribution in [0.1, 0.15) is 213 Å². The number of carbonyl (C=O) groups is 4. The molecule has 4 heterocycles. The number of anilines is 2. The van der Waals surface area contributed by atoms with Gasteiger partial charge in [-0.15, -0.1) is 0 Å². The minimum atomic E-state index is -0.133. The zero-order valence-corrected chi connectivity index (χ0v) is 54.0. The highest BCUT2D eigenvalue weighted by molar-refractivity contribution is 6.20. The number of fused-ring (bicyclic) bond motifs is 4. The Hall–Kier alpha value is -6.16. The van der Waals surface area contributed by atoms with Crippen LogP contribution in [0.5, 0.6) is 0 Å². The minimum absolute atomic E-state index is 0. The maximum absolute atomic E-state index is 11.6. The van der Waals surface area contributed by atoms with Crippen LogP contribution in [0.25, 0.3) is 5.57 Å². The Kier molecular flexibility index (Phi) is 75.3. The van der Waals surface area contributed by atoms with E-state index < -0.39 is 0 Å². The van der Waals surface area contributed by atoms with Crippen molar-refractivity contribution in [3.8, 4) is 0 Å². The number of aryl methyl sites for hydroxylation is 1. The van der Waals surface area contributed by atoms with E-state index in [4.69, 9.17) is 10.2 Å². The predicted octanol–water partition coefficient (Wildman–Crippen LogP) is 19.0. The first-order valence-corrected chi connectivity index (χ1v) is 29.1. The van der Waals surface area contributed by atoms with Crippen molar-refractivity contribution in [2.45, 2.75) is 212 Å². The van der Waals surface area contributed by atoms with Gasteiger partial charge in [0, 0.05) is 65.5 Å². The Morgan fingerprint density at radius 2 is 0.727 bits per heavy atom. The molecule has 2 N–H and O–H groups in total. The molecule has 0 saturated heterocycles. The van der Waals surface area contributed by atoms with Crippen LogP contribution in [-0.2, 0) is 51.5 Å². The molecule has 4 amide bonds. The fourth-order valence-electron chi connectivity index (χ4n) is 6.51. The van der Waals surface area contributed by atoms with Gasteiger partial charge >= 0.3 is 0 Å². The lowest BCUT2D eigenvalue weighted by atomic mass is 9.95. The molecule has 4 aromatic rings. The van der Waals surface area contributed by atoms with Crippen molar-refractivity contribution in [3.05, 3.63) is 149 Å². The van der Waals surface area contributed by atoms with Crippen LogP contribution in [-0.4, -0.2) is 71.8 Å². The van der Waals surface area contributed by atoms with E-state index in [-0.39, 0.29) is 31.1 Å². The zero-order valence-electron chi connectivity index (χ0n) is 54.0. The van der Waals surface area contributed by atoms with Crippen molar-refractivity contribution in [3.63, 3.8) is 0 Å². The van der Waals surface area contributed by atoms with Gasteiger partial charge in [-0.1, -0.05) is 259 Å². The van der Waals surface area contributed by atoms with E-state index in [9.17, 15) is 19.2 Å². The monoisotopic (exact) mass is 1080 g/mol. The smallest absolute Gasteiger partial charge is 0.257 e. The van der Waals surface area contributed by atoms with Gasteiger partial charge in [-0.3, -0.25) is 19.2 Å². The van der Waals surface area contributed by atoms with Gasteiger partial charge in [0.25, 0.3) is 11.8 Å². The molecule has 0 unspecified atom stereocenters. The van der Waals surface area contributed by atoms with E-state index in [0.29, 0.717) is 37.0 Å². The van der Waals surface area contributed by atoms with E-state index >= 15 is 0 Å². The van der Waals surface area contributed by atoms with Crippen molar-refractivity contribution in [1.82, 2.24) is 9.80 Å². The Balaban J connectivity index is -0.000000101. The summed E-state index contributed by atoms with van der Waals surface area (Å²) in [5.41, 5.74) is 9.49. The molecule has 0 aromatic heterocycles. The normalized spacial score (nSPS) is 12.7. The van der Waals surface area contributed by atoms with Crippen LogP contribution in [0.2, 0.25) is 0 Å². The van der Waals surface area contributed by atoms with Crippen molar-refractivity contribution >= 4 is 40.6 Å². The molecule has 0 aliphatic carbocycles. The standard InChI is InChI=1S/2C11H11NO2.2C10H11NO.12C2H6.CH4/c1-12-10-5-3-2-4-8(10)6-9(7-13)11(12)14;1-12-6-8-4-2-3-5-9(8)10(7-13)11(12)14;1-11-7-9-5-3-2-4-8(9)6-10(11)12;1-11-9-5-3-2-4-8(9)6-7-10(11)12;12*1-2;/h2*2-5,7,13H,6H2,1H3;2*2-5H,6-7H2,1H3;12*1-2H3;1H4/b9-7-;10-7-;;;;;;;;;;;;;;;. The van der Waals surface area contributed by atoms with Gasteiger partial charge in [0.05, 0.1) is 30.1 Å². The third-order valence-electron chi connectivity index (χ3n) is 9.52. The quantitative estimate of drug-likeness (QED) is 0.134. The predicted molar refractivity (Wildman–Crippen MR) is 345 cm³/mol. The summed E-state index contributed by atoms with van der Waals surface area (Å²) < 4.78 is 0. The summed E-state index contributed by atoms with van der Waals surface area (Å²) in [4.78, 5) is 52.4. The van der Waals surface area contributed by atoms with Gasteiger partial charge in [0.15, 0.2) is 0 Å². The van der Waals surface area contributed by atoms with Crippen molar-refractivity contribution in [2.75, 3.05) is 38.0 Å². The fourth-order valence-corrected chi connectivity index (χ4v) is 6.51. The summed E-state index contributed by atoms with van der Waals surface area (Å²) in [7, 11) is 7.12. The Labute approximate surface area is 476 Å². The average molecular weight is 1080 g/mol.